The van der Waals surface area contributed by atoms with Crippen LogP contribution in [0, 0.1) is 0 Å². The summed E-state index contributed by atoms with van der Waals surface area (Å²) in [5, 5.41) is 0. The Hall–Kier alpha value is -1.88. The maximum Gasteiger partial charge on any atom is 0.306 e. The molecule has 1 unspecified atom stereocenters. The number of hydrogen-bond donors (Lipinski definition) is 0. The van der Waals surface area contributed by atoms with Gasteiger partial charge in [0.2, 0.25) is 0 Å². The summed E-state index contributed by atoms with van der Waals surface area (Å²) in [4.78, 5) is 25.1. The van der Waals surface area contributed by atoms with Crippen LogP contribution in [-0.4, -0.2) is 37.9 Å². The van der Waals surface area contributed by atoms with E-state index in [9.17, 15) is 9.59 Å². The van der Waals surface area contributed by atoms with Gasteiger partial charge < -0.3 is 14.2 Å². The highest BCUT2D eigenvalue weighted by atomic mass is 16.6. The van der Waals surface area contributed by atoms with Gasteiger partial charge in [-0.2, -0.15) is 0 Å². The molecule has 0 aromatic rings. The summed E-state index contributed by atoms with van der Waals surface area (Å²) in [7, 11) is 0. The van der Waals surface area contributed by atoms with Crippen LogP contribution < -0.4 is 0 Å². The van der Waals surface area contributed by atoms with Crippen LogP contribution >= 0.6 is 0 Å². The SMILES string of the molecule is CCCCC/C=C\C/C=C\C/C=C\CCCCCCCCC(=O)OCC(COCCCCCCCCCCCCCCCCCCCC)OC(=O)CCCCCCC. The Morgan fingerprint density at radius 3 is 1.19 bits per heavy atom. The van der Waals surface area contributed by atoms with Crippen molar-refractivity contribution in [3.63, 3.8) is 0 Å². The van der Waals surface area contributed by atoms with Crippen molar-refractivity contribution in [3.05, 3.63) is 36.5 Å². The summed E-state index contributed by atoms with van der Waals surface area (Å²) in [5.41, 5.74) is 0. The first-order valence-electron chi connectivity index (χ1n) is 25.5. The van der Waals surface area contributed by atoms with Gasteiger partial charge in [-0.1, -0.05) is 231 Å². The molecule has 0 bridgehead atoms. The molecule has 0 saturated heterocycles. The van der Waals surface area contributed by atoms with Crippen molar-refractivity contribution < 1.29 is 23.8 Å². The third-order valence-electron chi connectivity index (χ3n) is 11.2. The molecule has 0 heterocycles. The predicted octanol–water partition coefficient (Wildman–Crippen LogP) is 17.0. The summed E-state index contributed by atoms with van der Waals surface area (Å²) >= 11 is 0. The number of ether oxygens (including phenoxy) is 3. The Labute approximate surface area is 361 Å². The monoisotopic (exact) mass is 815 g/mol. The Morgan fingerprint density at radius 2 is 0.724 bits per heavy atom. The van der Waals surface area contributed by atoms with E-state index in [-0.39, 0.29) is 25.2 Å². The summed E-state index contributed by atoms with van der Waals surface area (Å²) in [6.45, 7) is 7.76. The molecule has 340 valence electrons. The number of rotatable bonds is 47. The minimum Gasteiger partial charge on any atom is -0.462 e. The molecule has 0 aromatic carbocycles. The highest BCUT2D eigenvalue weighted by Gasteiger charge is 2.17. The minimum atomic E-state index is -0.532. The van der Waals surface area contributed by atoms with E-state index < -0.39 is 6.10 Å². The lowest BCUT2D eigenvalue weighted by atomic mass is 10.0. The zero-order valence-electron chi connectivity index (χ0n) is 39.1. The summed E-state index contributed by atoms with van der Waals surface area (Å²) in [5.74, 6) is -0.413. The van der Waals surface area contributed by atoms with Crippen LogP contribution in [0.15, 0.2) is 36.5 Å². The number of carbonyl (C=O) groups excluding carboxylic acids is 2. The minimum absolute atomic E-state index is 0.0824. The van der Waals surface area contributed by atoms with Gasteiger partial charge in [-0.3, -0.25) is 9.59 Å². The number of unbranched alkanes of at least 4 members (excludes halogenated alkanes) is 30. The lowest BCUT2D eigenvalue weighted by Crippen LogP contribution is -2.30. The molecule has 0 spiro atoms. The van der Waals surface area contributed by atoms with E-state index in [2.05, 4.69) is 57.2 Å². The second-order valence-electron chi connectivity index (χ2n) is 17.1. The number of hydrogen-bond acceptors (Lipinski definition) is 5. The third-order valence-corrected chi connectivity index (χ3v) is 11.2. The van der Waals surface area contributed by atoms with Gasteiger partial charge in [-0.15, -0.1) is 0 Å². The van der Waals surface area contributed by atoms with Crippen molar-refractivity contribution in [2.75, 3.05) is 19.8 Å². The molecule has 0 aliphatic carbocycles. The van der Waals surface area contributed by atoms with E-state index in [0.29, 0.717) is 19.4 Å². The van der Waals surface area contributed by atoms with Crippen LogP contribution in [0.5, 0.6) is 0 Å². The zero-order valence-corrected chi connectivity index (χ0v) is 39.1. The quantitative estimate of drug-likeness (QED) is 0.0348. The lowest BCUT2D eigenvalue weighted by Gasteiger charge is -2.18. The first-order chi connectivity index (χ1) is 28.6. The fourth-order valence-electron chi connectivity index (χ4n) is 7.34. The van der Waals surface area contributed by atoms with E-state index in [0.717, 1.165) is 64.2 Å². The Balaban J connectivity index is 4.00. The molecular weight excluding hydrogens is 717 g/mol. The Kier molecular flexibility index (Phi) is 47.9. The van der Waals surface area contributed by atoms with E-state index in [1.54, 1.807) is 0 Å². The predicted molar refractivity (Wildman–Crippen MR) is 252 cm³/mol. The molecular formula is C53H98O5. The second-order valence-corrected chi connectivity index (χ2v) is 17.1. The molecule has 0 rings (SSSR count). The molecule has 1 atom stereocenters. The van der Waals surface area contributed by atoms with Gasteiger partial charge in [-0.25, -0.2) is 0 Å². The Bertz CT molecular complexity index is 924. The number of carbonyl (C=O) groups is 2. The van der Waals surface area contributed by atoms with Crippen molar-refractivity contribution in [3.8, 4) is 0 Å². The largest absolute Gasteiger partial charge is 0.462 e. The molecule has 0 N–H and O–H groups in total. The molecule has 0 aliphatic rings. The summed E-state index contributed by atoms with van der Waals surface area (Å²) < 4.78 is 17.3. The smallest absolute Gasteiger partial charge is 0.306 e. The van der Waals surface area contributed by atoms with Crippen molar-refractivity contribution in [2.24, 2.45) is 0 Å². The van der Waals surface area contributed by atoms with Crippen LogP contribution in [0.1, 0.15) is 265 Å². The van der Waals surface area contributed by atoms with Crippen LogP contribution in [0.25, 0.3) is 0 Å². The third kappa shape index (κ3) is 46.8. The zero-order chi connectivity index (χ0) is 42.1. The van der Waals surface area contributed by atoms with E-state index >= 15 is 0 Å². The molecule has 0 radical (unpaired) electrons. The van der Waals surface area contributed by atoms with Gasteiger partial charge in [0.25, 0.3) is 0 Å². The van der Waals surface area contributed by atoms with Crippen molar-refractivity contribution in [2.45, 2.75) is 271 Å². The fourth-order valence-corrected chi connectivity index (χ4v) is 7.34. The number of esters is 2. The van der Waals surface area contributed by atoms with Gasteiger partial charge in [0.15, 0.2) is 6.10 Å². The molecule has 58 heavy (non-hydrogen) atoms. The van der Waals surface area contributed by atoms with Gasteiger partial charge in [-0.05, 0) is 57.8 Å². The van der Waals surface area contributed by atoms with Crippen LogP contribution in [0.4, 0.5) is 0 Å². The van der Waals surface area contributed by atoms with Crippen molar-refractivity contribution in [1.82, 2.24) is 0 Å². The molecule has 0 amide bonds. The topological polar surface area (TPSA) is 61.8 Å². The van der Waals surface area contributed by atoms with Gasteiger partial charge >= 0.3 is 11.9 Å². The maximum atomic E-state index is 12.6. The molecule has 0 saturated carbocycles. The highest BCUT2D eigenvalue weighted by Crippen LogP contribution is 2.15. The van der Waals surface area contributed by atoms with Gasteiger partial charge in [0.05, 0.1) is 6.61 Å². The maximum absolute atomic E-state index is 12.6. The van der Waals surface area contributed by atoms with Crippen LogP contribution in [0.3, 0.4) is 0 Å². The fraction of sp³-hybridized carbons (Fsp3) is 0.849. The molecule has 0 aliphatic heterocycles. The summed E-state index contributed by atoms with van der Waals surface area (Å²) in [6, 6.07) is 0. The second kappa shape index (κ2) is 49.5. The van der Waals surface area contributed by atoms with Gasteiger partial charge in [0.1, 0.15) is 6.61 Å². The van der Waals surface area contributed by atoms with E-state index in [4.69, 9.17) is 14.2 Å². The van der Waals surface area contributed by atoms with Crippen molar-refractivity contribution >= 4 is 11.9 Å². The average molecular weight is 815 g/mol. The van der Waals surface area contributed by atoms with Crippen LogP contribution in [-0.2, 0) is 23.8 Å². The van der Waals surface area contributed by atoms with Crippen molar-refractivity contribution in [1.29, 1.82) is 0 Å². The average Bonchev–Trinajstić information content (AvgIpc) is 3.22. The molecule has 0 aromatic heterocycles. The molecule has 5 nitrogen and oxygen atoms in total. The first kappa shape index (κ1) is 56.1. The molecule has 5 heteroatoms. The lowest BCUT2D eigenvalue weighted by molar-refractivity contribution is -0.163. The first-order valence-corrected chi connectivity index (χ1v) is 25.5. The standard InChI is InChI=1S/C53H98O5/c1-4-7-10-13-15-17-19-21-23-25-27-28-30-32-34-36-38-41-43-46-52(54)57-50-51(58-53(55)47-44-40-12-9-6-3)49-56-48-45-42-39-37-35-33-31-29-26-24-22-20-18-16-14-11-8-5-2/h15,17,21,23,27-28,51H,4-14,16,18-20,22,24-26,29-50H2,1-3H3/b17-15-,23-21-,28-27-. The Morgan fingerprint density at radius 1 is 0.379 bits per heavy atom. The number of allylic oxidation sites excluding steroid dienone is 6. The van der Waals surface area contributed by atoms with Crippen LogP contribution in [0.2, 0.25) is 0 Å². The van der Waals surface area contributed by atoms with E-state index in [1.165, 1.54) is 167 Å². The van der Waals surface area contributed by atoms with Gasteiger partial charge in [0, 0.05) is 19.4 Å². The normalized spacial score (nSPS) is 12.4. The van der Waals surface area contributed by atoms with E-state index in [1.807, 2.05) is 0 Å². The summed E-state index contributed by atoms with van der Waals surface area (Å²) in [6.07, 6.45) is 59.0. The highest BCUT2D eigenvalue weighted by molar-refractivity contribution is 5.70. The molecule has 0 fully saturated rings.